The number of allylic oxidation sites excluding steroid dienone is 2. The number of carbonyl (C=O) groups excluding carboxylic acids is 4. The second kappa shape index (κ2) is 9.44. The van der Waals surface area contributed by atoms with E-state index in [9.17, 15) is 24.3 Å². The van der Waals surface area contributed by atoms with Gasteiger partial charge in [0.1, 0.15) is 11.5 Å². The van der Waals surface area contributed by atoms with E-state index >= 15 is 0 Å². The molecule has 3 aromatic carbocycles. The Morgan fingerprint density at radius 1 is 0.707 bits per heavy atom. The van der Waals surface area contributed by atoms with Gasteiger partial charge in [0.15, 0.2) is 0 Å². The van der Waals surface area contributed by atoms with E-state index in [0.717, 1.165) is 5.57 Å². The highest BCUT2D eigenvalue weighted by Gasteiger charge is 2.62. The van der Waals surface area contributed by atoms with Crippen molar-refractivity contribution in [2.45, 2.75) is 18.8 Å². The number of para-hydroxylation sites is 2. The third-order valence-corrected chi connectivity index (χ3v) is 9.25. The molecule has 6 atom stereocenters. The number of aromatic hydroxyl groups is 1. The van der Waals surface area contributed by atoms with E-state index in [2.05, 4.69) is 0 Å². The summed E-state index contributed by atoms with van der Waals surface area (Å²) in [5.74, 6) is -4.48. The van der Waals surface area contributed by atoms with E-state index in [1.165, 1.54) is 23.0 Å². The van der Waals surface area contributed by atoms with Crippen LogP contribution in [0.5, 0.6) is 11.5 Å². The van der Waals surface area contributed by atoms with Crippen LogP contribution in [0.1, 0.15) is 24.3 Å². The van der Waals surface area contributed by atoms with Crippen LogP contribution >= 0.6 is 0 Å². The highest BCUT2D eigenvalue weighted by molar-refractivity contribution is 6.24. The molecule has 1 saturated carbocycles. The number of phenolic OH excluding ortho intramolecular Hbond substituents is 1. The molecule has 8 nitrogen and oxygen atoms in total. The number of fused-ring (bicyclic) bond motifs is 4. The van der Waals surface area contributed by atoms with Crippen molar-refractivity contribution in [1.82, 2.24) is 0 Å². The quantitative estimate of drug-likeness (QED) is 0.382. The molecular formula is C33H28N2O6. The largest absolute Gasteiger partial charge is 0.508 e. The number of phenols is 1. The predicted octanol–water partition coefficient (Wildman–Crippen LogP) is 4.45. The van der Waals surface area contributed by atoms with Crippen LogP contribution in [0.3, 0.4) is 0 Å². The first kappa shape index (κ1) is 25.3. The summed E-state index contributed by atoms with van der Waals surface area (Å²) in [6.07, 6.45) is 2.60. The summed E-state index contributed by atoms with van der Waals surface area (Å²) in [5, 5.41) is 11.1. The molecule has 1 N–H and O–H groups in total. The minimum atomic E-state index is -0.751. The molecule has 2 saturated heterocycles. The van der Waals surface area contributed by atoms with Crippen molar-refractivity contribution in [3.63, 3.8) is 0 Å². The van der Waals surface area contributed by atoms with Crippen LogP contribution in [0.2, 0.25) is 0 Å². The number of hydrogen-bond acceptors (Lipinski definition) is 6. The number of anilines is 2. The van der Waals surface area contributed by atoms with Gasteiger partial charge in [-0.15, -0.1) is 0 Å². The molecule has 4 amide bonds. The normalized spacial score (nSPS) is 28.8. The fourth-order valence-electron chi connectivity index (χ4n) is 7.51. The number of imide groups is 2. The van der Waals surface area contributed by atoms with Crippen LogP contribution in [0.25, 0.3) is 0 Å². The van der Waals surface area contributed by atoms with Crippen molar-refractivity contribution < 1.29 is 29.0 Å². The van der Waals surface area contributed by atoms with E-state index in [-0.39, 0.29) is 35.8 Å². The maximum Gasteiger partial charge on any atom is 0.238 e. The molecule has 8 heteroatoms. The van der Waals surface area contributed by atoms with Crippen molar-refractivity contribution >= 4 is 35.0 Å². The topological polar surface area (TPSA) is 104 Å². The van der Waals surface area contributed by atoms with Crippen LogP contribution in [-0.4, -0.2) is 35.8 Å². The minimum absolute atomic E-state index is 0.0464. The van der Waals surface area contributed by atoms with Crippen molar-refractivity contribution in [3.05, 3.63) is 96.1 Å². The van der Waals surface area contributed by atoms with E-state index in [1.807, 2.05) is 18.2 Å². The molecule has 2 aliphatic carbocycles. The fraction of sp³-hybridized carbons (Fsp3) is 0.273. The third-order valence-electron chi connectivity index (χ3n) is 9.25. The average molecular weight is 549 g/mol. The van der Waals surface area contributed by atoms with Crippen molar-refractivity contribution in [2.75, 3.05) is 16.9 Å². The Balaban J connectivity index is 1.35. The lowest BCUT2D eigenvalue weighted by molar-refractivity contribution is -0.126. The maximum atomic E-state index is 14.1. The molecule has 3 fully saturated rings. The van der Waals surface area contributed by atoms with E-state index in [1.54, 1.807) is 60.7 Å². The number of amides is 4. The Morgan fingerprint density at radius 2 is 1.29 bits per heavy atom. The lowest BCUT2D eigenvalue weighted by Gasteiger charge is -2.44. The molecule has 0 spiro atoms. The Labute approximate surface area is 236 Å². The van der Waals surface area contributed by atoms with Gasteiger partial charge >= 0.3 is 0 Å². The average Bonchev–Trinajstić information content (AvgIpc) is 3.40. The smallest absolute Gasteiger partial charge is 0.238 e. The number of ether oxygens (including phenoxy) is 1. The summed E-state index contributed by atoms with van der Waals surface area (Å²) in [6, 6.07) is 22.7. The zero-order valence-electron chi connectivity index (χ0n) is 22.3. The summed E-state index contributed by atoms with van der Waals surface area (Å²) in [7, 11) is 1.50. The minimum Gasteiger partial charge on any atom is -0.508 e. The van der Waals surface area contributed by atoms with Gasteiger partial charge in [-0.1, -0.05) is 54.1 Å². The van der Waals surface area contributed by atoms with Gasteiger partial charge in [0, 0.05) is 17.5 Å². The van der Waals surface area contributed by atoms with Crippen molar-refractivity contribution in [3.8, 4) is 11.5 Å². The second-order valence-electron chi connectivity index (χ2n) is 11.1. The van der Waals surface area contributed by atoms with Gasteiger partial charge in [-0.25, -0.2) is 0 Å². The lowest BCUT2D eigenvalue weighted by atomic mass is 9.57. The number of rotatable bonds is 4. The first-order chi connectivity index (χ1) is 19.9. The van der Waals surface area contributed by atoms with E-state index in [4.69, 9.17) is 4.74 Å². The number of carbonyl (C=O) groups is 4. The SMILES string of the molecule is COc1ccc([C@H]2C3=CC[C@@H]4C(=O)N(c5ccccc5)C(=O)[C@@H]4[C@@H]3C[C@H]3C(=O)N(c4ccccc4)C(=O)[C@@H]23)c(O)c1. The van der Waals surface area contributed by atoms with Crippen LogP contribution in [0.4, 0.5) is 11.4 Å². The Bertz CT molecular complexity index is 1620. The van der Waals surface area contributed by atoms with Crippen LogP contribution in [-0.2, 0) is 19.2 Å². The lowest BCUT2D eigenvalue weighted by Crippen LogP contribution is -2.43. The number of nitrogens with zero attached hydrogens (tertiary/aromatic N) is 2. The Hall–Kier alpha value is -4.72. The summed E-state index contributed by atoms with van der Waals surface area (Å²) in [5.41, 5.74) is 2.36. The monoisotopic (exact) mass is 548 g/mol. The molecule has 0 unspecified atom stereocenters. The molecule has 0 radical (unpaired) electrons. The van der Waals surface area contributed by atoms with Gasteiger partial charge in [-0.05, 0) is 49.1 Å². The summed E-state index contributed by atoms with van der Waals surface area (Å²) in [4.78, 5) is 58.1. The molecule has 0 bridgehead atoms. The van der Waals surface area contributed by atoms with Gasteiger partial charge in [0.05, 0.1) is 42.2 Å². The zero-order chi connectivity index (χ0) is 28.4. The summed E-state index contributed by atoms with van der Waals surface area (Å²) < 4.78 is 5.29. The molecule has 7 rings (SSSR count). The number of benzene rings is 3. The van der Waals surface area contributed by atoms with Gasteiger partial charge in [-0.2, -0.15) is 0 Å². The van der Waals surface area contributed by atoms with Gasteiger partial charge in [-0.3, -0.25) is 29.0 Å². The molecule has 0 aromatic heterocycles. The highest BCUT2D eigenvalue weighted by Crippen LogP contribution is 2.59. The molecule has 2 aliphatic heterocycles. The highest BCUT2D eigenvalue weighted by atomic mass is 16.5. The predicted molar refractivity (Wildman–Crippen MR) is 150 cm³/mol. The first-order valence-corrected chi connectivity index (χ1v) is 13.8. The van der Waals surface area contributed by atoms with Crippen LogP contribution < -0.4 is 14.5 Å². The number of methoxy groups -OCH3 is 1. The third kappa shape index (κ3) is 3.66. The van der Waals surface area contributed by atoms with Gasteiger partial charge in [0.2, 0.25) is 23.6 Å². The molecular weight excluding hydrogens is 520 g/mol. The van der Waals surface area contributed by atoms with Crippen molar-refractivity contribution in [2.24, 2.45) is 29.6 Å². The summed E-state index contributed by atoms with van der Waals surface area (Å²) >= 11 is 0. The van der Waals surface area contributed by atoms with Crippen LogP contribution in [0, 0.1) is 29.6 Å². The second-order valence-corrected chi connectivity index (χ2v) is 11.1. The van der Waals surface area contributed by atoms with Gasteiger partial charge in [0.25, 0.3) is 0 Å². The van der Waals surface area contributed by atoms with Crippen LogP contribution in [0.15, 0.2) is 90.5 Å². The standard InChI is InChI=1S/C33H28N2O6/c1-41-20-12-13-22(26(36)16-20)27-21-14-15-23-28(32(39)34(30(23)37)18-8-4-2-5-9-18)24(21)17-25-29(27)33(40)35(31(25)38)19-10-6-3-7-11-19/h2-14,16,23-25,27-29,36H,15,17H2,1H3/t23-,24+,25+,27+,28-,29+/m0/s1. The van der Waals surface area contributed by atoms with E-state index < -0.39 is 35.5 Å². The molecule has 2 heterocycles. The molecule has 3 aromatic rings. The summed E-state index contributed by atoms with van der Waals surface area (Å²) in [6.45, 7) is 0. The molecule has 206 valence electrons. The molecule has 41 heavy (non-hydrogen) atoms. The number of hydrogen-bond donors (Lipinski definition) is 1. The first-order valence-electron chi connectivity index (χ1n) is 13.8. The maximum absolute atomic E-state index is 14.1. The zero-order valence-corrected chi connectivity index (χ0v) is 22.3. The molecule has 4 aliphatic rings. The Kier molecular flexibility index (Phi) is 5.81. The van der Waals surface area contributed by atoms with E-state index in [0.29, 0.717) is 29.1 Å². The van der Waals surface area contributed by atoms with Crippen molar-refractivity contribution in [1.29, 1.82) is 0 Å². The Morgan fingerprint density at radius 3 is 1.88 bits per heavy atom. The fourth-order valence-corrected chi connectivity index (χ4v) is 7.51. The van der Waals surface area contributed by atoms with Gasteiger partial charge < -0.3 is 9.84 Å².